The maximum Gasteiger partial charge on any atom is 0.176 e. The van der Waals surface area contributed by atoms with Crippen LogP contribution in [0.15, 0.2) is 12.4 Å². The highest BCUT2D eigenvalue weighted by atomic mass is 15.3. The number of aromatic nitrogens is 6. The molecule has 0 saturated heterocycles. The van der Waals surface area contributed by atoms with Crippen LogP contribution in [-0.2, 0) is 13.1 Å². The summed E-state index contributed by atoms with van der Waals surface area (Å²) in [7, 11) is 0. The van der Waals surface area contributed by atoms with Crippen molar-refractivity contribution in [3.63, 3.8) is 0 Å². The lowest BCUT2D eigenvalue weighted by molar-refractivity contribution is 0.576. The first-order valence-electron chi connectivity index (χ1n) is 7.20. The van der Waals surface area contributed by atoms with Gasteiger partial charge < -0.3 is 4.98 Å². The first-order valence-corrected chi connectivity index (χ1v) is 7.20. The Kier molecular flexibility index (Phi) is 2.45. The molecule has 1 aliphatic carbocycles. The van der Waals surface area contributed by atoms with Crippen LogP contribution in [0, 0.1) is 12.8 Å². The second kappa shape index (κ2) is 4.19. The van der Waals surface area contributed by atoms with Crippen LogP contribution in [0.1, 0.15) is 25.5 Å². The van der Waals surface area contributed by atoms with Crippen LogP contribution in [0.3, 0.4) is 0 Å². The quantitative estimate of drug-likeness (QED) is 0.791. The largest absolute Gasteiger partial charge is 0.335 e. The van der Waals surface area contributed by atoms with Crippen molar-refractivity contribution in [2.75, 3.05) is 0 Å². The Morgan fingerprint density at radius 3 is 2.75 bits per heavy atom. The number of hydrogen-bond acceptors (Lipinski definition) is 3. The minimum Gasteiger partial charge on any atom is -0.335 e. The molecule has 6 nitrogen and oxygen atoms in total. The van der Waals surface area contributed by atoms with Gasteiger partial charge in [-0.2, -0.15) is 10.2 Å². The number of aromatic amines is 1. The van der Waals surface area contributed by atoms with E-state index in [0.29, 0.717) is 0 Å². The predicted molar refractivity (Wildman–Crippen MR) is 76.2 cm³/mol. The van der Waals surface area contributed by atoms with Gasteiger partial charge in [-0.1, -0.05) is 0 Å². The lowest BCUT2D eigenvalue weighted by Gasteiger charge is -2.00. The Morgan fingerprint density at radius 2 is 2.05 bits per heavy atom. The van der Waals surface area contributed by atoms with Crippen LogP contribution in [0.4, 0.5) is 0 Å². The van der Waals surface area contributed by atoms with Gasteiger partial charge in [-0.15, -0.1) is 0 Å². The molecule has 0 aliphatic heterocycles. The molecule has 3 heterocycles. The number of H-pyrrole nitrogens is 1. The van der Waals surface area contributed by atoms with E-state index in [0.717, 1.165) is 47.3 Å². The smallest absolute Gasteiger partial charge is 0.176 e. The van der Waals surface area contributed by atoms with Crippen molar-refractivity contribution < 1.29 is 0 Å². The van der Waals surface area contributed by atoms with Crippen LogP contribution in [-0.4, -0.2) is 29.5 Å². The molecule has 1 fully saturated rings. The third kappa shape index (κ3) is 1.75. The zero-order valence-corrected chi connectivity index (χ0v) is 11.8. The van der Waals surface area contributed by atoms with E-state index >= 15 is 0 Å². The highest BCUT2D eigenvalue weighted by molar-refractivity contribution is 5.76. The number of hydrogen-bond donors (Lipinski definition) is 1. The van der Waals surface area contributed by atoms with Gasteiger partial charge in [-0.3, -0.25) is 4.68 Å². The van der Waals surface area contributed by atoms with Crippen molar-refractivity contribution in [3.05, 3.63) is 18.1 Å². The number of fused-ring (bicyclic) bond motifs is 1. The molecule has 0 amide bonds. The SMILES string of the molecule is CCn1ncc(-c2nc3c(cnn3CC3CC3)[nH]2)c1C. The van der Waals surface area contributed by atoms with Gasteiger partial charge in [0.25, 0.3) is 0 Å². The molecule has 104 valence electrons. The molecular formula is C14H18N6. The van der Waals surface area contributed by atoms with Crippen molar-refractivity contribution >= 4 is 11.2 Å². The average molecular weight is 270 g/mol. The zero-order chi connectivity index (χ0) is 13.7. The van der Waals surface area contributed by atoms with Gasteiger partial charge in [0.1, 0.15) is 11.3 Å². The molecule has 0 unspecified atom stereocenters. The molecule has 0 bridgehead atoms. The van der Waals surface area contributed by atoms with E-state index < -0.39 is 0 Å². The summed E-state index contributed by atoms with van der Waals surface area (Å²) in [5.74, 6) is 1.68. The van der Waals surface area contributed by atoms with E-state index in [4.69, 9.17) is 4.98 Å². The van der Waals surface area contributed by atoms with Gasteiger partial charge in [0.05, 0.1) is 18.0 Å². The minimum atomic E-state index is 0.794. The Bertz CT molecular complexity index is 758. The van der Waals surface area contributed by atoms with E-state index in [1.54, 1.807) is 0 Å². The molecule has 1 saturated carbocycles. The number of nitrogens with zero attached hydrogens (tertiary/aromatic N) is 5. The summed E-state index contributed by atoms with van der Waals surface area (Å²) in [6, 6.07) is 0. The number of nitrogens with one attached hydrogen (secondary N) is 1. The van der Waals surface area contributed by atoms with Crippen molar-refractivity contribution in [2.45, 2.75) is 39.8 Å². The maximum atomic E-state index is 4.72. The highest BCUT2D eigenvalue weighted by Gasteiger charge is 2.24. The van der Waals surface area contributed by atoms with E-state index in [-0.39, 0.29) is 0 Å². The normalized spacial score (nSPS) is 15.3. The summed E-state index contributed by atoms with van der Waals surface area (Å²) < 4.78 is 4.01. The summed E-state index contributed by atoms with van der Waals surface area (Å²) in [5, 5.41) is 8.80. The first-order chi connectivity index (χ1) is 9.76. The Labute approximate surface area is 116 Å². The van der Waals surface area contributed by atoms with Crippen molar-refractivity contribution in [2.24, 2.45) is 5.92 Å². The van der Waals surface area contributed by atoms with Crippen LogP contribution < -0.4 is 0 Å². The molecule has 3 aromatic heterocycles. The van der Waals surface area contributed by atoms with Crippen LogP contribution in [0.5, 0.6) is 0 Å². The fourth-order valence-corrected chi connectivity index (χ4v) is 2.65. The molecule has 0 radical (unpaired) electrons. The van der Waals surface area contributed by atoms with Gasteiger partial charge >= 0.3 is 0 Å². The van der Waals surface area contributed by atoms with E-state index in [9.17, 15) is 0 Å². The average Bonchev–Trinajstić information content (AvgIpc) is 2.87. The Morgan fingerprint density at radius 1 is 1.25 bits per heavy atom. The van der Waals surface area contributed by atoms with Gasteiger partial charge in [0.2, 0.25) is 0 Å². The predicted octanol–water partition coefficient (Wildman–Crippen LogP) is 2.36. The van der Waals surface area contributed by atoms with Gasteiger partial charge in [-0.25, -0.2) is 9.67 Å². The molecule has 0 atom stereocenters. The number of imidazole rings is 1. The third-order valence-electron chi connectivity index (χ3n) is 4.07. The molecule has 6 heteroatoms. The lowest BCUT2D eigenvalue weighted by atomic mass is 10.2. The topological polar surface area (TPSA) is 64.3 Å². The van der Waals surface area contributed by atoms with Crippen molar-refractivity contribution in [1.82, 2.24) is 29.5 Å². The highest BCUT2D eigenvalue weighted by Crippen LogP contribution is 2.31. The molecule has 4 rings (SSSR count). The summed E-state index contributed by atoms with van der Waals surface area (Å²) >= 11 is 0. The van der Waals surface area contributed by atoms with Gasteiger partial charge in [0, 0.05) is 18.8 Å². The van der Waals surface area contributed by atoms with Crippen LogP contribution in [0.25, 0.3) is 22.6 Å². The maximum absolute atomic E-state index is 4.72. The summed E-state index contributed by atoms with van der Waals surface area (Å²) in [5.41, 5.74) is 4.17. The molecule has 0 spiro atoms. The van der Waals surface area contributed by atoms with Crippen molar-refractivity contribution in [1.29, 1.82) is 0 Å². The van der Waals surface area contributed by atoms with Crippen LogP contribution in [0.2, 0.25) is 0 Å². The molecule has 3 aromatic rings. The van der Waals surface area contributed by atoms with Gasteiger partial charge in [-0.05, 0) is 32.6 Å². The summed E-state index contributed by atoms with van der Waals surface area (Å²) in [4.78, 5) is 8.08. The first kappa shape index (κ1) is 11.7. The second-order valence-electron chi connectivity index (χ2n) is 5.55. The molecular weight excluding hydrogens is 252 g/mol. The summed E-state index contributed by atoms with van der Waals surface area (Å²) in [6.07, 6.45) is 6.39. The zero-order valence-electron chi connectivity index (χ0n) is 11.8. The molecule has 20 heavy (non-hydrogen) atoms. The lowest BCUT2D eigenvalue weighted by Crippen LogP contribution is -2.01. The fourth-order valence-electron chi connectivity index (χ4n) is 2.65. The standard InChI is InChI=1S/C14H18N6/c1-3-19-9(2)11(6-15-19)13-17-12-7-16-20(14(12)18-13)8-10-4-5-10/h6-7,10H,3-5,8H2,1-2H3,(H,17,18). The molecule has 0 aromatic carbocycles. The minimum absolute atomic E-state index is 0.794. The number of rotatable bonds is 4. The van der Waals surface area contributed by atoms with Gasteiger partial charge in [0.15, 0.2) is 5.65 Å². The van der Waals surface area contributed by atoms with E-state index in [1.165, 1.54) is 12.8 Å². The Hall–Kier alpha value is -2.11. The van der Waals surface area contributed by atoms with E-state index in [1.807, 2.05) is 21.8 Å². The molecule has 1 N–H and O–H groups in total. The third-order valence-corrected chi connectivity index (χ3v) is 4.07. The summed E-state index contributed by atoms with van der Waals surface area (Å²) in [6.45, 7) is 6.04. The second-order valence-corrected chi connectivity index (χ2v) is 5.55. The van der Waals surface area contributed by atoms with E-state index in [2.05, 4.69) is 29.0 Å². The monoisotopic (exact) mass is 270 g/mol. The van der Waals surface area contributed by atoms with Crippen LogP contribution >= 0.6 is 0 Å². The molecule has 1 aliphatic rings. The fraction of sp³-hybridized carbons (Fsp3) is 0.500. The number of aryl methyl sites for hydroxylation is 1. The Balaban J connectivity index is 1.76. The van der Waals surface area contributed by atoms with Crippen molar-refractivity contribution in [3.8, 4) is 11.4 Å².